The van der Waals surface area contributed by atoms with E-state index in [1.807, 2.05) is 0 Å². The molecule has 0 atom stereocenters. The zero-order valence-corrected chi connectivity index (χ0v) is 8.43. The van der Waals surface area contributed by atoms with Gasteiger partial charge in [0.25, 0.3) is 0 Å². The molecular weight excluding hydrogens is 247 g/mol. The maximum atomic E-state index is 12.0. The average Bonchev–Trinajstić information content (AvgIpc) is 2.19. The van der Waals surface area contributed by atoms with Crippen molar-refractivity contribution in [2.75, 3.05) is 5.73 Å². The molecule has 0 aromatic carbocycles. The Morgan fingerprint density at radius 3 is 2.62 bits per heavy atom. The van der Waals surface area contributed by atoms with Crippen LogP contribution in [-0.4, -0.2) is 11.3 Å². The summed E-state index contributed by atoms with van der Waals surface area (Å²) in [5, 5.41) is 8.64. The molecule has 0 aliphatic heterocycles. The number of hydrogen-bond acceptors (Lipinski definition) is 4. The van der Waals surface area contributed by atoms with E-state index >= 15 is 0 Å². The van der Waals surface area contributed by atoms with E-state index in [1.165, 1.54) is 0 Å². The van der Waals surface area contributed by atoms with Crippen molar-refractivity contribution in [3.63, 3.8) is 0 Å². The predicted molar refractivity (Wildman–Crippen MR) is 49.6 cm³/mol. The van der Waals surface area contributed by atoms with Gasteiger partial charge < -0.3 is 10.5 Å². The van der Waals surface area contributed by atoms with Gasteiger partial charge in [0.05, 0.1) is 11.4 Å². The lowest BCUT2D eigenvalue weighted by molar-refractivity contribution is -0.274. The third kappa shape index (κ3) is 2.67. The molecule has 1 aromatic rings. The first-order valence-corrected chi connectivity index (χ1v) is 4.41. The van der Waals surface area contributed by atoms with Gasteiger partial charge in [-0.1, -0.05) is 0 Å². The first-order chi connectivity index (χ1) is 7.39. The van der Waals surface area contributed by atoms with Crippen LogP contribution in [0.1, 0.15) is 11.1 Å². The summed E-state index contributed by atoms with van der Waals surface area (Å²) in [5.41, 5.74) is 4.99. The largest absolute Gasteiger partial charge is 0.573 e. The lowest BCUT2D eigenvalue weighted by Crippen LogP contribution is -2.19. The molecule has 0 aliphatic rings. The zero-order valence-electron chi connectivity index (χ0n) is 7.68. The summed E-state index contributed by atoms with van der Waals surface area (Å²) in [7, 11) is 0. The molecule has 86 valence electrons. The van der Waals surface area contributed by atoms with Crippen LogP contribution in [0.5, 0.6) is 5.75 Å². The van der Waals surface area contributed by atoms with Crippen LogP contribution < -0.4 is 10.5 Å². The number of anilines is 1. The number of halogens is 4. The van der Waals surface area contributed by atoms with Gasteiger partial charge in [-0.15, -0.1) is 24.8 Å². The Morgan fingerprint density at radius 2 is 2.19 bits per heavy atom. The quantitative estimate of drug-likeness (QED) is 0.818. The van der Waals surface area contributed by atoms with Crippen molar-refractivity contribution in [2.24, 2.45) is 0 Å². The molecule has 0 saturated heterocycles. The lowest BCUT2D eigenvalue weighted by atomic mass is 10.1. The molecule has 8 heteroatoms. The van der Waals surface area contributed by atoms with Crippen LogP contribution in [0.25, 0.3) is 0 Å². The zero-order chi connectivity index (χ0) is 12.3. The highest BCUT2D eigenvalue weighted by Gasteiger charge is 2.34. The molecule has 1 rings (SSSR count). The number of aromatic nitrogens is 1. The van der Waals surface area contributed by atoms with E-state index in [1.54, 1.807) is 6.07 Å². The summed E-state index contributed by atoms with van der Waals surface area (Å²) in [6, 6.07) is 1.65. The summed E-state index contributed by atoms with van der Waals surface area (Å²) in [4.78, 5) is 3.41. The molecule has 0 unspecified atom stereocenters. The minimum atomic E-state index is -4.91. The van der Waals surface area contributed by atoms with E-state index < -0.39 is 17.9 Å². The highest BCUT2D eigenvalue weighted by Crippen LogP contribution is 2.33. The first-order valence-electron chi connectivity index (χ1n) is 3.88. The summed E-state index contributed by atoms with van der Waals surface area (Å²) < 4.78 is 39.8. The van der Waals surface area contributed by atoms with Gasteiger partial charge in [0.2, 0.25) is 0 Å². The third-order valence-electron chi connectivity index (χ3n) is 1.64. The van der Waals surface area contributed by atoms with Crippen molar-refractivity contribution in [1.82, 2.24) is 4.98 Å². The molecule has 0 saturated carbocycles. The fraction of sp³-hybridized carbons (Fsp3) is 0.250. The number of pyridine rings is 1. The van der Waals surface area contributed by atoms with Crippen molar-refractivity contribution in [3.8, 4) is 11.8 Å². The third-order valence-corrected chi connectivity index (χ3v) is 1.90. The second-order valence-corrected chi connectivity index (χ2v) is 2.93. The van der Waals surface area contributed by atoms with Gasteiger partial charge in [-0.05, 0) is 0 Å². The van der Waals surface area contributed by atoms with Crippen LogP contribution in [0.3, 0.4) is 0 Å². The van der Waals surface area contributed by atoms with Crippen molar-refractivity contribution in [3.05, 3.63) is 17.3 Å². The van der Waals surface area contributed by atoms with Gasteiger partial charge in [-0.2, -0.15) is 5.26 Å². The van der Waals surface area contributed by atoms with Gasteiger partial charge in [0.1, 0.15) is 6.07 Å². The average molecular weight is 252 g/mol. The van der Waals surface area contributed by atoms with Crippen LogP contribution in [0.2, 0.25) is 0 Å². The highest BCUT2D eigenvalue weighted by atomic mass is 35.5. The number of alkyl halides is 4. The number of rotatable bonds is 2. The molecule has 0 spiro atoms. The molecule has 1 aromatic heterocycles. The van der Waals surface area contributed by atoms with Crippen LogP contribution in [-0.2, 0) is 5.88 Å². The molecule has 1 heterocycles. The number of nitrogen functional groups attached to an aromatic ring is 1. The minimum absolute atomic E-state index is 0.108. The van der Waals surface area contributed by atoms with E-state index in [0.717, 1.165) is 6.20 Å². The Morgan fingerprint density at radius 1 is 1.56 bits per heavy atom. The summed E-state index contributed by atoms with van der Waals surface area (Å²) in [5.74, 6) is -1.52. The Bertz CT molecular complexity index is 441. The minimum Gasteiger partial charge on any atom is -0.401 e. The molecular formula is C8H5ClF3N3O. The van der Waals surface area contributed by atoms with Crippen LogP contribution in [0.15, 0.2) is 6.20 Å². The summed E-state index contributed by atoms with van der Waals surface area (Å²) in [6.07, 6.45) is -3.87. The molecule has 4 nitrogen and oxygen atoms in total. The molecule has 0 radical (unpaired) electrons. The van der Waals surface area contributed by atoms with Gasteiger partial charge in [0.15, 0.2) is 11.6 Å². The Hall–Kier alpha value is -1.68. The van der Waals surface area contributed by atoms with Crippen LogP contribution >= 0.6 is 11.6 Å². The molecule has 2 N–H and O–H groups in total. The molecule has 0 amide bonds. The lowest BCUT2D eigenvalue weighted by Gasteiger charge is -2.14. The normalized spacial score (nSPS) is 10.9. The van der Waals surface area contributed by atoms with E-state index in [9.17, 15) is 13.2 Å². The number of nitrogens with zero attached hydrogens (tertiary/aromatic N) is 2. The van der Waals surface area contributed by atoms with E-state index in [2.05, 4.69) is 9.72 Å². The predicted octanol–water partition coefficient (Wildman–Crippen LogP) is 2.17. The molecule has 0 fully saturated rings. The smallest absolute Gasteiger partial charge is 0.401 e. The van der Waals surface area contributed by atoms with Gasteiger partial charge in [0, 0.05) is 11.8 Å². The Balaban J connectivity index is 3.30. The number of nitrogens with two attached hydrogens (primary N) is 1. The molecule has 0 bridgehead atoms. The second kappa shape index (κ2) is 4.45. The monoisotopic (exact) mass is 251 g/mol. The molecule has 16 heavy (non-hydrogen) atoms. The number of ether oxygens (including phenoxy) is 1. The maximum Gasteiger partial charge on any atom is 0.573 e. The SMILES string of the molecule is N#Cc1cnc(N)c(OC(F)(F)F)c1CCl. The Kier molecular flexibility index (Phi) is 3.44. The van der Waals surface area contributed by atoms with Crippen molar-refractivity contribution in [1.29, 1.82) is 5.26 Å². The molecule has 0 aliphatic carbocycles. The van der Waals surface area contributed by atoms with Crippen LogP contribution in [0, 0.1) is 11.3 Å². The van der Waals surface area contributed by atoms with E-state index in [0.29, 0.717) is 0 Å². The fourth-order valence-corrected chi connectivity index (χ4v) is 1.27. The van der Waals surface area contributed by atoms with Crippen LogP contribution in [0.4, 0.5) is 19.0 Å². The van der Waals surface area contributed by atoms with Gasteiger partial charge in [-0.3, -0.25) is 0 Å². The fourth-order valence-electron chi connectivity index (χ4n) is 1.01. The maximum absolute atomic E-state index is 12.0. The standard InChI is InChI=1S/C8H5ClF3N3O/c9-1-5-4(2-13)3-15-7(14)6(5)16-8(10,11)12/h3H,1H2,(H2,14,15). The summed E-state index contributed by atoms with van der Waals surface area (Å²) in [6.45, 7) is 0. The van der Waals surface area contributed by atoms with E-state index in [-0.39, 0.29) is 17.0 Å². The van der Waals surface area contributed by atoms with E-state index in [4.69, 9.17) is 22.6 Å². The van der Waals surface area contributed by atoms with Gasteiger partial charge in [-0.25, -0.2) is 4.98 Å². The van der Waals surface area contributed by atoms with Crippen molar-refractivity contribution in [2.45, 2.75) is 12.2 Å². The topological polar surface area (TPSA) is 71.9 Å². The van der Waals surface area contributed by atoms with Gasteiger partial charge >= 0.3 is 6.36 Å². The second-order valence-electron chi connectivity index (χ2n) is 2.66. The first kappa shape index (κ1) is 12.4. The van der Waals surface area contributed by atoms with Crippen molar-refractivity contribution < 1.29 is 17.9 Å². The highest BCUT2D eigenvalue weighted by molar-refractivity contribution is 6.17. The van der Waals surface area contributed by atoms with Crippen molar-refractivity contribution >= 4 is 17.4 Å². The summed E-state index contributed by atoms with van der Waals surface area (Å²) >= 11 is 5.44. The number of hydrogen-bond donors (Lipinski definition) is 1. The Labute approximate surface area is 93.4 Å². The number of nitriles is 1.